The minimum Gasteiger partial charge on any atom is -0.493 e. The first-order valence-corrected chi connectivity index (χ1v) is 8.86. The molecule has 4 nitrogen and oxygen atoms in total. The number of ether oxygens (including phenoxy) is 3. The van der Waals surface area contributed by atoms with Gasteiger partial charge in [0.2, 0.25) is 0 Å². The van der Waals surface area contributed by atoms with Gasteiger partial charge in [-0.15, -0.1) is 13.2 Å². The molecule has 0 unspecified atom stereocenters. The molecule has 0 aliphatic carbocycles. The van der Waals surface area contributed by atoms with Gasteiger partial charge in [-0.3, -0.25) is 4.79 Å². The van der Waals surface area contributed by atoms with E-state index in [9.17, 15) is 4.79 Å². The van der Waals surface area contributed by atoms with Crippen molar-refractivity contribution in [2.75, 3.05) is 20.8 Å². The highest BCUT2D eigenvalue weighted by molar-refractivity contribution is 5.73. The molecule has 1 aromatic rings. The molecule has 1 aromatic carbocycles. The van der Waals surface area contributed by atoms with Crippen LogP contribution in [0, 0.1) is 12.3 Å². The lowest BCUT2D eigenvalue weighted by Gasteiger charge is -2.45. The quantitative estimate of drug-likeness (QED) is 0.435. The van der Waals surface area contributed by atoms with Crippen LogP contribution < -0.4 is 9.47 Å². The average molecular weight is 360 g/mol. The summed E-state index contributed by atoms with van der Waals surface area (Å²) >= 11 is 0. The van der Waals surface area contributed by atoms with Crippen LogP contribution in [-0.4, -0.2) is 26.8 Å². The van der Waals surface area contributed by atoms with Gasteiger partial charge in [-0.1, -0.05) is 32.1 Å². The van der Waals surface area contributed by atoms with Gasteiger partial charge in [-0.2, -0.15) is 0 Å². The van der Waals surface area contributed by atoms with E-state index in [0.717, 1.165) is 11.1 Å². The molecule has 0 aliphatic heterocycles. The minimum atomic E-state index is -0.710. The van der Waals surface area contributed by atoms with Crippen LogP contribution in [0.25, 0.3) is 0 Å². The fourth-order valence-electron chi connectivity index (χ4n) is 3.57. The zero-order valence-corrected chi connectivity index (χ0v) is 17.0. The third kappa shape index (κ3) is 4.12. The number of carbonyl (C=O) groups excluding carboxylic acids is 1. The molecule has 144 valence electrons. The van der Waals surface area contributed by atoms with E-state index in [4.69, 9.17) is 14.2 Å². The van der Waals surface area contributed by atoms with Gasteiger partial charge in [-0.05, 0) is 37.3 Å². The van der Waals surface area contributed by atoms with Crippen molar-refractivity contribution in [2.24, 2.45) is 5.41 Å². The Hall–Kier alpha value is -2.23. The van der Waals surface area contributed by atoms with E-state index in [1.165, 1.54) is 0 Å². The molecule has 0 bridgehead atoms. The largest absolute Gasteiger partial charge is 0.493 e. The predicted octanol–water partition coefficient (Wildman–Crippen LogP) is 4.99. The van der Waals surface area contributed by atoms with E-state index >= 15 is 0 Å². The second-order valence-corrected chi connectivity index (χ2v) is 7.08. The highest BCUT2D eigenvalue weighted by atomic mass is 16.5. The molecule has 1 atom stereocenters. The molecule has 0 aliphatic rings. The first-order valence-electron chi connectivity index (χ1n) is 8.86. The van der Waals surface area contributed by atoms with Gasteiger partial charge in [-0.25, -0.2) is 0 Å². The SMILES string of the molecule is C=CCC(C)(C)[C@@](C=C)(CC(=O)OCC)c1cc(C)cc(OC)c1OC. The zero-order valence-electron chi connectivity index (χ0n) is 17.0. The molecular weight excluding hydrogens is 328 g/mol. The van der Waals surface area contributed by atoms with Crippen LogP contribution >= 0.6 is 0 Å². The van der Waals surface area contributed by atoms with Crippen molar-refractivity contribution >= 4 is 5.97 Å². The second kappa shape index (κ2) is 8.93. The number of carbonyl (C=O) groups is 1. The number of benzene rings is 1. The van der Waals surface area contributed by atoms with Crippen molar-refractivity contribution in [2.45, 2.75) is 46.0 Å². The summed E-state index contributed by atoms with van der Waals surface area (Å²) in [5.41, 5.74) is 0.821. The van der Waals surface area contributed by atoms with Crippen LogP contribution in [-0.2, 0) is 14.9 Å². The Labute approximate surface area is 157 Å². The molecule has 4 heteroatoms. The topological polar surface area (TPSA) is 44.8 Å². The fourth-order valence-corrected chi connectivity index (χ4v) is 3.57. The molecular formula is C22H32O4. The summed E-state index contributed by atoms with van der Waals surface area (Å²) in [4.78, 5) is 12.5. The Balaban J connectivity index is 3.79. The maximum Gasteiger partial charge on any atom is 0.307 e. The highest BCUT2D eigenvalue weighted by Gasteiger charge is 2.47. The fraction of sp³-hybridized carbons (Fsp3) is 0.500. The molecule has 0 amide bonds. The van der Waals surface area contributed by atoms with Crippen LogP contribution in [0.15, 0.2) is 37.4 Å². The van der Waals surface area contributed by atoms with Gasteiger partial charge in [0.25, 0.3) is 0 Å². The third-order valence-corrected chi connectivity index (χ3v) is 5.04. The summed E-state index contributed by atoms with van der Waals surface area (Å²) in [7, 11) is 3.21. The molecule has 0 spiro atoms. The highest BCUT2D eigenvalue weighted by Crippen LogP contribution is 2.53. The average Bonchev–Trinajstić information content (AvgIpc) is 2.58. The van der Waals surface area contributed by atoms with Crippen molar-refractivity contribution < 1.29 is 19.0 Å². The monoisotopic (exact) mass is 360 g/mol. The number of rotatable bonds is 10. The van der Waals surface area contributed by atoms with Crippen LogP contribution in [0.1, 0.15) is 44.7 Å². The van der Waals surface area contributed by atoms with E-state index in [-0.39, 0.29) is 17.8 Å². The summed E-state index contributed by atoms with van der Waals surface area (Å²) in [6.45, 7) is 16.3. The van der Waals surface area contributed by atoms with Crippen molar-refractivity contribution in [3.63, 3.8) is 0 Å². The van der Waals surface area contributed by atoms with Gasteiger partial charge in [0.05, 0.1) is 27.2 Å². The van der Waals surface area contributed by atoms with Crippen LogP contribution in [0.4, 0.5) is 0 Å². The van der Waals surface area contributed by atoms with Crippen molar-refractivity contribution in [1.29, 1.82) is 0 Å². The number of aryl methyl sites for hydroxylation is 1. The van der Waals surface area contributed by atoms with Gasteiger partial charge in [0.15, 0.2) is 11.5 Å². The molecule has 0 N–H and O–H groups in total. The number of methoxy groups -OCH3 is 2. The van der Waals surface area contributed by atoms with E-state index < -0.39 is 5.41 Å². The molecule has 0 heterocycles. The zero-order chi connectivity index (χ0) is 20.0. The van der Waals surface area contributed by atoms with E-state index in [1.807, 2.05) is 31.2 Å². The lowest BCUT2D eigenvalue weighted by atomic mass is 9.58. The van der Waals surface area contributed by atoms with Crippen molar-refractivity contribution in [1.82, 2.24) is 0 Å². The van der Waals surface area contributed by atoms with Gasteiger partial charge in [0.1, 0.15) is 0 Å². The Bertz CT molecular complexity index is 660. The lowest BCUT2D eigenvalue weighted by molar-refractivity contribution is -0.145. The van der Waals surface area contributed by atoms with E-state index in [0.29, 0.717) is 24.5 Å². The molecule has 0 saturated heterocycles. The summed E-state index contributed by atoms with van der Waals surface area (Å²) in [6.07, 6.45) is 4.55. The smallest absolute Gasteiger partial charge is 0.307 e. The Morgan fingerprint density at radius 1 is 1.19 bits per heavy atom. The Kier molecular flexibility index (Phi) is 7.49. The molecule has 26 heavy (non-hydrogen) atoms. The molecule has 0 fully saturated rings. The van der Waals surface area contributed by atoms with Crippen molar-refractivity contribution in [3.8, 4) is 11.5 Å². The van der Waals surface area contributed by atoms with Crippen LogP contribution in [0.5, 0.6) is 11.5 Å². The predicted molar refractivity (Wildman–Crippen MR) is 106 cm³/mol. The number of allylic oxidation sites excluding steroid dienone is 2. The Morgan fingerprint density at radius 3 is 2.31 bits per heavy atom. The standard InChI is InChI=1S/C22H32O4/c1-9-12-21(5,6)22(10-2,15-19(23)26-11-3)17-13-16(4)14-18(24-7)20(17)25-8/h9-10,13-14H,1-2,11-12,15H2,3-8H3/t22-/m0/s1. The third-order valence-electron chi connectivity index (χ3n) is 5.04. The normalized spacial score (nSPS) is 13.5. The van der Waals surface area contributed by atoms with Crippen LogP contribution in [0.2, 0.25) is 0 Å². The van der Waals surface area contributed by atoms with E-state index in [2.05, 4.69) is 27.0 Å². The summed E-state index contributed by atoms with van der Waals surface area (Å²) < 4.78 is 16.5. The maximum atomic E-state index is 12.5. The summed E-state index contributed by atoms with van der Waals surface area (Å²) in [6, 6.07) is 3.95. The lowest BCUT2D eigenvalue weighted by Crippen LogP contribution is -2.42. The summed E-state index contributed by atoms with van der Waals surface area (Å²) in [5, 5.41) is 0. The maximum absolute atomic E-state index is 12.5. The van der Waals surface area contributed by atoms with Gasteiger partial charge in [0, 0.05) is 11.0 Å². The molecule has 1 rings (SSSR count). The second-order valence-electron chi connectivity index (χ2n) is 7.08. The van der Waals surface area contributed by atoms with Crippen molar-refractivity contribution in [3.05, 3.63) is 48.6 Å². The first kappa shape index (κ1) is 21.8. The van der Waals surface area contributed by atoms with Gasteiger partial charge < -0.3 is 14.2 Å². The van der Waals surface area contributed by atoms with Gasteiger partial charge >= 0.3 is 5.97 Å². The first-order chi connectivity index (χ1) is 12.2. The Morgan fingerprint density at radius 2 is 1.85 bits per heavy atom. The number of esters is 1. The molecule has 0 radical (unpaired) electrons. The molecule has 0 aromatic heterocycles. The minimum absolute atomic E-state index is 0.161. The number of hydrogen-bond donors (Lipinski definition) is 0. The van der Waals surface area contributed by atoms with Crippen LogP contribution in [0.3, 0.4) is 0 Å². The number of hydrogen-bond acceptors (Lipinski definition) is 4. The molecule has 0 saturated carbocycles. The van der Waals surface area contributed by atoms with E-state index in [1.54, 1.807) is 21.1 Å². The summed E-state index contributed by atoms with van der Waals surface area (Å²) in [5.74, 6) is 0.971.